The molecule has 8 rings (SSSR count). The molecule has 1 aliphatic carbocycles. The van der Waals surface area contributed by atoms with E-state index in [0.29, 0.717) is 19.7 Å². The fourth-order valence-corrected chi connectivity index (χ4v) is 8.44. The zero-order valence-corrected chi connectivity index (χ0v) is 31.9. The number of methoxy groups -OCH3 is 1. The minimum atomic E-state index is -0.686. The number of hydrogen-bond donors (Lipinski definition) is 3. The molecule has 2 aromatic carbocycles. The lowest BCUT2D eigenvalue weighted by atomic mass is 9.86. The maximum Gasteiger partial charge on any atom is 0.410 e. The van der Waals surface area contributed by atoms with Crippen molar-refractivity contribution in [2.75, 3.05) is 20.2 Å². The SMILES string of the molecule is COC(=O)N[C@H](C(=O)N1CCCC1c1ncc(-c2ccc3c(c2)COc2c-3ccc3c2CCc2[nH]c([C@@H]4CCCN4C(=O)OC(C)(C)C)nc2-3)[nH]1)C(C)C. The first kappa shape index (κ1) is 35.7. The van der Waals surface area contributed by atoms with Gasteiger partial charge < -0.3 is 34.4 Å². The molecule has 13 heteroatoms. The fraction of sp³-hybridized carbons (Fsp3) is 0.488. The molecular weight excluding hydrogens is 686 g/mol. The second-order valence-corrected chi connectivity index (χ2v) is 16.1. The van der Waals surface area contributed by atoms with Gasteiger partial charge in [0, 0.05) is 35.5 Å². The van der Waals surface area contributed by atoms with Gasteiger partial charge in [-0.1, -0.05) is 32.0 Å². The standard InChI is InChI=1S/C41H49N7O6/c1-22(2)33(46-39(50)52-6)38(49)47-17-7-9-31(47)36-42-20-30(44-36)23-11-12-25-24(19-23)21-53-35-27(25)14-13-26-28(35)15-16-29-34(26)45-37(43-29)32-10-8-18-48(32)40(51)54-41(3,4)5/h11-14,19-20,22,31-33H,7-10,15-18,21H2,1-6H3,(H,42,44)(H,43,45)(H,46,50)/t31?,32-,33-/m0/s1. The van der Waals surface area contributed by atoms with E-state index in [0.717, 1.165) is 101 Å². The molecule has 4 aromatic rings. The molecular formula is C41H49N7O6. The predicted octanol–water partition coefficient (Wildman–Crippen LogP) is 7.24. The van der Waals surface area contributed by atoms with Gasteiger partial charge >= 0.3 is 12.2 Å². The first-order valence-corrected chi connectivity index (χ1v) is 19.1. The van der Waals surface area contributed by atoms with Gasteiger partial charge in [-0.15, -0.1) is 0 Å². The Labute approximate surface area is 315 Å². The number of nitrogens with zero attached hydrogens (tertiary/aromatic N) is 4. The van der Waals surface area contributed by atoms with E-state index in [1.807, 2.05) is 50.6 Å². The number of alkyl carbamates (subject to hydrolysis) is 1. The van der Waals surface area contributed by atoms with Crippen LogP contribution in [0.2, 0.25) is 0 Å². The second kappa shape index (κ2) is 13.8. The number of aryl methyl sites for hydroxylation is 1. The summed E-state index contributed by atoms with van der Waals surface area (Å²) < 4.78 is 17.0. The lowest BCUT2D eigenvalue weighted by Gasteiger charge is -2.30. The van der Waals surface area contributed by atoms with E-state index in [4.69, 9.17) is 24.2 Å². The van der Waals surface area contributed by atoms with Crippen molar-refractivity contribution in [3.05, 3.63) is 65.0 Å². The number of hydrogen-bond acceptors (Lipinski definition) is 8. The molecule has 5 heterocycles. The summed E-state index contributed by atoms with van der Waals surface area (Å²) in [6, 6.07) is 9.67. The van der Waals surface area contributed by atoms with Crippen molar-refractivity contribution >= 4 is 18.1 Å². The maximum atomic E-state index is 13.6. The van der Waals surface area contributed by atoms with E-state index < -0.39 is 17.7 Å². The molecule has 0 radical (unpaired) electrons. The summed E-state index contributed by atoms with van der Waals surface area (Å²) in [6.45, 7) is 11.2. The number of carbonyl (C=O) groups is 3. The third-order valence-corrected chi connectivity index (χ3v) is 11.1. The monoisotopic (exact) mass is 735 g/mol. The first-order valence-electron chi connectivity index (χ1n) is 19.1. The number of likely N-dealkylation sites (tertiary alicyclic amines) is 2. The number of ether oxygens (including phenoxy) is 3. The Morgan fingerprint density at radius 1 is 0.944 bits per heavy atom. The molecule has 2 fully saturated rings. The van der Waals surface area contributed by atoms with Crippen LogP contribution >= 0.6 is 0 Å². The lowest BCUT2D eigenvalue weighted by Crippen LogP contribution is -2.51. The van der Waals surface area contributed by atoms with Gasteiger partial charge in [-0.25, -0.2) is 19.6 Å². The Hall–Kier alpha value is -5.33. The number of nitrogens with one attached hydrogen (secondary N) is 3. The van der Waals surface area contributed by atoms with Crippen LogP contribution in [-0.2, 0) is 33.7 Å². The highest BCUT2D eigenvalue weighted by atomic mass is 16.6. The van der Waals surface area contributed by atoms with E-state index in [9.17, 15) is 14.4 Å². The molecule has 3 aliphatic heterocycles. The van der Waals surface area contributed by atoms with Gasteiger partial charge in [-0.3, -0.25) is 9.69 Å². The van der Waals surface area contributed by atoms with Crippen molar-refractivity contribution in [3.63, 3.8) is 0 Å². The predicted molar refractivity (Wildman–Crippen MR) is 202 cm³/mol. The zero-order chi connectivity index (χ0) is 37.9. The highest BCUT2D eigenvalue weighted by molar-refractivity contribution is 5.87. The Morgan fingerprint density at radius 3 is 2.41 bits per heavy atom. The summed E-state index contributed by atoms with van der Waals surface area (Å²) in [5.41, 5.74) is 8.86. The smallest absolute Gasteiger partial charge is 0.410 e. The van der Waals surface area contributed by atoms with Crippen LogP contribution in [-0.4, -0.2) is 79.7 Å². The number of amides is 3. The van der Waals surface area contributed by atoms with Crippen LogP contribution in [0.25, 0.3) is 33.6 Å². The Bertz CT molecular complexity index is 2110. The average molecular weight is 736 g/mol. The van der Waals surface area contributed by atoms with Crippen LogP contribution < -0.4 is 10.1 Å². The summed E-state index contributed by atoms with van der Waals surface area (Å²) in [5, 5.41) is 2.71. The number of aromatic nitrogens is 4. The Balaban J connectivity index is 1.02. The molecule has 2 aromatic heterocycles. The van der Waals surface area contributed by atoms with Gasteiger partial charge in [0.05, 0.1) is 36.8 Å². The number of aromatic amines is 2. The molecule has 3 atom stereocenters. The van der Waals surface area contributed by atoms with E-state index in [2.05, 4.69) is 45.6 Å². The van der Waals surface area contributed by atoms with Crippen molar-refractivity contribution in [1.29, 1.82) is 0 Å². The Morgan fingerprint density at radius 2 is 1.67 bits per heavy atom. The van der Waals surface area contributed by atoms with Crippen LogP contribution in [0.1, 0.15) is 101 Å². The molecule has 4 aliphatic rings. The van der Waals surface area contributed by atoms with Crippen LogP contribution in [0.3, 0.4) is 0 Å². The van der Waals surface area contributed by atoms with E-state index in [-0.39, 0.29) is 30.0 Å². The zero-order valence-electron chi connectivity index (χ0n) is 31.9. The third kappa shape index (κ3) is 6.47. The van der Waals surface area contributed by atoms with Crippen molar-refractivity contribution in [2.45, 2.75) is 103 Å². The summed E-state index contributed by atoms with van der Waals surface area (Å²) in [7, 11) is 1.30. The molecule has 13 nitrogen and oxygen atoms in total. The van der Waals surface area contributed by atoms with Crippen LogP contribution in [0.15, 0.2) is 36.5 Å². The molecule has 284 valence electrons. The van der Waals surface area contributed by atoms with E-state index in [1.165, 1.54) is 12.7 Å². The molecule has 1 unspecified atom stereocenters. The Kier molecular flexibility index (Phi) is 9.13. The third-order valence-electron chi connectivity index (χ3n) is 11.1. The quantitative estimate of drug-likeness (QED) is 0.187. The van der Waals surface area contributed by atoms with Crippen molar-refractivity contribution in [3.8, 4) is 39.4 Å². The summed E-state index contributed by atoms with van der Waals surface area (Å²) in [4.78, 5) is 59.2. The number of H-pyrrole nitrogens is 2. The lowest BCUT2D eigenvalue weighted by molar-refractivity contribution is -0.135. The van der Waals surface area contributed by atoms with Gasteiger partial charge in [0.25, 0.3) is 0 Å². The molecule has 3 N–H and O–H groups in total. The second-order valence-electron chi connectivity index (χ2n) is 16.1. The first-order chi connectivity index (χ1) is 25.9. The topological polar surface area (TPSA) is 155 Å². The van der Waals surface area contributed by atoms with Crippen molar-refractivity contribution in [1.82, 2.24) is 35.1 Å². The molecule has 2 saturated heterocycles. The van der Waals surface area contributed by atoms with Gasteiger partial charge in [0.15, 0.2) is 0 Å². The highest BCUT2D eigenvalue weighted by Gasteiger charge is 2.39. The number of benzene rings is 2. The molecule has 3 amide bonds. The highest BCUT2D eigenvalue weighted by Crippen LogP contribution is 2.47. The van der Waals surface area contributed by atoms with E-state index >= 15 is 0 Å². The van der Waals surface area contributed by atoms with Crippen LogP contribution in [0.5, 0.6) is 5.75 Å². The number of rotatable bonds is 6. The van der Waals surface area contributed by atoms with E-state index in [1.54, 1.807) is 0 Å². The summed E-state index contributed by atoms with van der Waals surface area (Å²) in [6.07, 6.45) is 5.94. The normalized spacial score (nSPS) is 19.4. The summed E-state index contributed by atoms with van der Waals surface area (Å²) in [5.74, 6) is 2.22. The molecule has 0 saturated carbocycles. The molecule has 54 heavy (non-hydrogen) atoms. The van der Waals surface area contributed by atoms with Gasteiger partial charge in [-0.05, 0) is 94.0 Å². The fourth-order valence-electron chi connectivity index (χ4n) is 8.44. The van der Waals surface area contributed by atoms with Gasteiger partial charge in [0.1, 0.15) is 35.6 Å². The minimum absolute atomic E-state index is 0.102. The largest absolute Gasteiger partial charge is 0.488 e. The number of imidazole rings is 2. The average Bonchev–Trinajstić information content (AvgIpc) is 3.97. The maximum absolute atomic E-state index is 13.6. The minimum Gasteiger partial charge on any atom is -0.488 e. The number of carbonyl (C=O) groups excluding carboxylic acids is 3. The van der Waals surface area contributed by atoms with Crippen LogP contribution in [0.4, 0.5) is 9.59 Å². The van der Waals surface area contributed by atoms with Crippen LogP contribution in [0, 0.1) is 5.92 Å². The molecule has 0 spiro atoms. The van der Waals surface area contributed by atoms with Crippen molar-refractivity contribution < 1.29 is 28.6 Å². The van der Waals surface area contributed by atoms with Gasteiger partial charge in [-0.2, -0.15) is 0 Å². The summed E-state index contributed by atoms with van der Waals surface area (Å²) >= 11 is 0. The number of fused-ring (bicyclic) bond motifs is 7. The van der Waals surface area contributed by atoms with Gasteiger partial charge in [0.2, 0.25) is 5.91 Å². The van der Waals surface area contributed by atoms with Crippen molar-refractivity contribution in [2.24, 2.45) is 5.92 Å². The molecule has 0 bridgehead atoms.